The van der Waals surface area contributed by atoms with Gasteiger partial charge >= 0.3 is 0 Å². The number of rotatable bonds is 0. The first-order valence-corrected chi connectivity index (χ1v) is 7.81. The van der Waals surface area contributed by atoms with Crippen LogP contribution in [0.15, 0.2) is 4.60 Å². The van der Waals surface area contributed by atoms with Crippen LogP contribution in [-0.2, 0) is 23.7 Å². The van der Waals surface area contributed by atoms with Crippen molar-refractivity contribution in [2.24, 2.45) is 18.9 Å². The van der Waals surface area contributed by atoms with E-state index in [0.29, 0.717) is 12.3 Å². The Morgan fingerprint density at radius 3 is 2.90 bits per heavy atom. The lowest BCUT2D eigenvalue weighted by atomic mass is 9.55. The molecule has 1 fully saturated rings. The van der Waals surface area contributed by atoms with Gasteiger partial charge in [0.25, 0.3) is 6.04 Å². The number of halogens is 1. The molecule has 0 aromatic carbocycles. The second kappa shape index (κ2) is 4.42. The second-order valence-electron chi connectivity index (χ2n) is 6.34. The van der Waals surface area contributed by atoms with Crippen LogP contribution < -0.4 is 0 Å². The predicted octanol–water partition coefficient (Wildman–Crippen LogP) is 2.90. The van der Waals surface area contributed by atoms with Crippen LogP contribution in [0.1, 0.15) is 37.9 Å². The summed E-state index contributed by atoms with van der Waals surface area (Å²) in [6.45, 7) is 11.5. The lowest BCUT2D eigenvalue weighted by molar-refractivity contribution is -0.129. The fraction of sp³-hybridized carbons (Fsp3) is 0.667. The normalized spacial score (nSPS) is 36.1. The van der Waals surface area contributed by atoms with Gasteiger partial charge in [-0.25, -0.2) is 6.57 Å². The number of aromatic nitrogens is 2. The molecule has 0 aliphatic heterocycles. The lowest BCUT2D eigenvalue weighted by Gasteiger charge is -2.47. The lowest BCUT2D eigenvalue weighted by Crippen LogP contribution is -2.52. The van der Waals surface area contributed by atoms with Gasteiger partial charge in [-0.2, -0.15) is 5.10 Å². The minimum Gasteiger partial charge on any atom is -0.305 e. The third-order valence-electron chi connectivity index (χ3n) is 5.31. The summed E-state index contributed by atoms with van der Waals surface area (Å²) in [4.78, 5) is 15.9. The summed E-state index contributed by atoms with van der Waals surface area (Å²) in [5, 5.41) is 4.49. The van der Waals surface area contributed by atoms with Gasteiger partial charge in [0.2, 0.25) is 5.78 Å². The van der Waals surface area contributed by atoms with Crippen LogP contribution in [-0.4, -0.2) is 21.6 Å². The highest BCUT2D eigenvalue weighted by Gasteiger charge is 2.55. The van der Waals surface area contributed by atoms with E-state index >= 15 is 0 Å². The summed E-state index contributed by atoms with van der Waals surface area (Å²) in [6, 6.07) is -0.495. The highest BCUT2D eigenvalue weighted by atomic mass is 79.9. The molecule has 4 nitrogen and oxygen atoms in total. The molecule has 0 spiro atoms. The fourth-order valence-corrected chi connectivity index (χ4v) is 5.05. The molecule has 0 amide bonds. The van der Waals surface area contributed by atoms with Gasteiger partial charge in [0, 0.05) is 36.1 Å². The van der Waals surface area contributed by atoms with Crippen molar-refractivity contribution in [3.63, 3.8) is 0 Å². The third kappa shape index (κ3) is 1.64. The highest BCUT2D eigenvalue weighted by Crippen LogP contribution is 2.52. The molecule has 1 unspecified atom stereocenters. The number of aryl methyl sites for hydroxylation is 1. The third-order valence-corrected chi connectivity index (χ3v) is 5.95. The van der Waals surface area contributed by atoms with Crippen LogP contribution in [0.25, 0.3) is 4.85 Å². The first-order chi connectivity index (χ1) is 9.40. The molecule has 4 atom stereocenters. The van der Waals surface area contributed by atoms with E-state index in [1.807, 2.05) is 18.7 Å². The Balaban J connectivity index is 2.16. The zero-order valence-corrected chi connectivity index (χ0v) is 13.6. The van der Waals surface area contributed by atoms with Gasteiger partial charge in [0.1, 0.15) is 4.60 Å². The zero-order valence-electron chi connectivity index (χ0n) is 12.0. The van der Waals surface area contributed by atoms with E-state index in [2.05, 4.69) is 32.8 Å². The quantitative estimate of drug-likeness (QED) is 0.684. The molecule has 0 N–H and O–H groups in total. The van der Waals surface area contributed by atoms with Crippen LogP contribution in [0.3, 0.4) is 0 Å². The second-order valence-corrected chi connectivity index (χ2v) is 7.10. The Hall–Kier alpha value is -1.15. The van der Waals surface area contributed by atoms with E-state index in [4.69, 9.17) is 6.57 Å². The molecule has 0 saturated heterocycles. The average molecular weight is 336 g/mol. The number of hydrogen-bond donors (Lipinski definition) is 0. The molecule has 1 heterocycles. The van der Waals surface area contributed by atoms with Gasteiger partial charge in [-0.15, -0.1) is 0 Å². The Kier molecular flexibility index (Phi) is 3.06. The molecule has 1 saturated carbocycles. The first-order valence-electron chi connectivity index (χ1n) is 7.02. The van der Waals surface area contributed by atoms with E-state index in [0.717, 1.165) is 17.4 Å². The van der Waals surface area contributed by atoms with Crippen LogP contribution in [0.4, 0.5) is 0 Å². The van der Waals surface area contributed by atoms with Gasteiger partial charge < -0.3 is 4.85 Å². The standard InChI is InChI=1S/C15H18BrN3O/c1-8-10-6-5-9-13(19(4)18-14(9)16)15(10,2)7-11(17-3)12(8)20/h8,10-11H,5-7H2,1-2,4H3/t8-,10-,11?,15-/m0/s1. The molecular formula is C15H18BrN3O. The zero-order chi connectivity index (χ0) is 14.7. The van der Waals surface area contributed by atoms with Gasteiger partial charge in [-0.3, -0.25) is 9.48 Å². The van der Waals surface area contributed by atoms with Gasteiger partial charge in [-0.1, -0.05) is 13.8 Å². The van der Waals surface area contributed by atoms with Crippen LogP contribution in [0.2, 0.25) is 0 Å². The van der Waals surface area contributed by atoms with Crippen molar-refractivity contribution in [2.75, 3.05) is 0 Å². The molecule has 0 radical (unpaired) electrons. The Bertz CT molecular complexity index is 630. The van der Waals surface area contributed by atoms with E-state index in [9.17, 15) is 4.79 Å². The van der Waals surface area contributed by atoms with Gasteiger partial charge in [0.05, 0.1) is 0 Å². The fourth-order valence-electron chi connectivity index (χ4n) is 4.43. The molecule has 1 aromatic rings. The summed E-state index contributed by atoms with van der Waals surface area (Å²) >= 11 is 3.54. The van der Waals surface area contributed by atoms with Crippen molar-refractivity contribution >= 4 is 21.7 Å². The van der Waals surface area contributed by atoms with E-state index in [-0.39, 0.29) is 17.1 Å². The summed E-state index contributed by atoms with van der Waals surface area (Å²) in [5.74, 6) is 0.421. The van der Waals surface area contributed by atoms with Crippen LogP contribution >= 0.6 is 15.9 Å². The number of hydrogen-bond acceptors (Lipinski definition) is 2. The maximum Gasteiger partial charge on any atom is 0.282 e. The van der Waals surface area contributed by atoms with Crippen molar-refractivity contribution < 1.29 is 4.79 Å². The van der Waals surface area contributed by atoms with Gasteiger partial charge in [-0.05, 0) is 34.7 Å². The molecule has 2 aliphatic carbocycles. The topological polar surface area (TPSA) is 39.2 Å². The number of ketones is 1. The summed E-state index contributed by atoms with van der Waals surface area (Å²) in [7, 11) is 1.96. The molecule has 1 aromatic heterocycles. The van der Waals surface area contributed by atoms with E-state index < -0.39 is 6.04 Å². The molecule has 106 valence electrons. The number of carbonyl (C=O) groups excluding carboxylic acids is 1. The maximum absolute atomic E-state index is 12.3. The maximum atomic E-state index is 12.3. The smallest absolute Gasteiger partial charge is 0.282 e. The molecular weight excluding hydrogens is 318 g/mol. The van der Waals surface area contributed by atoms with E-state index in [1.165, 1.54) is 11.3 Å². The number of fused-ring (bicyclic) bond motifs is 3. The Morgan fingerprint density at radius 2 is 2.25 bits per heavy atom. The molecule has 2 aliphatic rings. The Morgan fingerprint density at radius 1 is 1.55 bits per heavy atom. The molecule has 5 heteroatoms. The molecule has 0 bridgehead atoms. The van der Waals surface area contributed by atoms with Crippen molar-refractivity contribution in [3.05, 3.63) is 27.3 Å². The average Bonchev–Trinajstić information content (AvgIpc) is 2.70. The Labute approximate surface area is 127 Å². The number of Topliss-reactive ketones (excluding diaryl/α,β-unsaturated/α-hetero) is 1. The summed E-state index contributed by atoms with van der Waals surface area (Å²) < 4.78 is 2.85. The monoisotopic (exact) mass is 335 g/mol. The largest absolute Gasteiger partial charge is 0.305 e. The minimum atomic E-state index is -0.495. The van der Waals surface area contributed by atoms with Crippen molar-refractivity contribution in [1.29, 1.82) is 0 Å². The van der Waals surface area contributed by atoms with Crippen LogP contribution in [0.5, 0.6) is 0 Å². The predicted molar refractivity (Wildman–Crippen MR) is 79.2 cm³/mol. The van der Waals surface area contributed by atoms with Gasteiger partial charge in [0.15, 0.2) is 0 Å². The van der Waals surface area contributed by atoms with Crippen molar-refractivity contribution in [1.82, 2.24) is 9.78 Å². The first kappa shape index (κ1) is 13.8. The molecule has 20 heavy (non-hydrogen) atoms. The number of nitrogens with zero attached hydrogens (tertiary/aromatic N) is 3. The van der Waals surface area contributed by atoms with E-state index in [1.54, 1.807) is 0 Å². The van der Waals surface area contributed by atoms with Crippen LogP contribution in [0, 0.1) is 18.4 Å². The number of carbonyl (C=O) groups is 1. The highest BCUT2D eigenvalue weighted by molar-refractivity contribution is 9.10. The summed E-state index contributed by atoms with van der Waals surface area (Å²) in [5.41, 5.74) is 2.36. The van der Waals surface area contributed by atoms with Crippen molar-refractivity contribution in [3.8, 4) is 0 Å². The SMILES string of the molecule is [C-]#[N+]C1C[C@]2(C)c3c(c(Br)nn3C)CC[C@H]2[C@H](C)C1=O. The molecule has 3 rings (SSSR count). The summed E-state index contributed by atoms with van der Waals surface area (Å²) in [6.07, 6.45) is 2.60. The minimum absolute atomic E-state index is 0.0327. The van der Waals surface area contributed by atoms with Crippen molar-refractivity contribution in [2.45, 2.75) is 44.6 Å².